The number of hydrogen-bond acceptors (Lipinski definition) is 5. The second-order valence-electron chi connectivity index (χ2n) is 5.88. The fourth-order valence-electron chi connectivity index (χ4n) is 3.17. The Labute approximate surface area is 142 Å². The summed E-state index contributed by atoms with van der Waals surface area (Å²) >= 11 is 0. The quantitative estimate of drug-likeness (QED) is 0.875. The molecule has 1 aliphatic rings. The minimum absolute atomic E-state index is 0.230. The molecule has 1 unspecified atom stereocenters. The lowest BCUT2D eigenvalue weighted by Gasteiger charge is -2.39. The molecule has 1 heterocycles. The van der Waals surface area contributed by atoms with Crippen LogP contribution in [0.2, 0.25) is 0 Å². The lowest BCUT2D eigenvalue weighted by Crippen LogP contribution is -2.49. The van der Waals surface area contributed by atoms with Crippen molar-refractivity contribution >= 4 is 11.7 Å². The third kappa shape index (κ3) is 3.51. The standard InChI is InChI=1S/C19H22N2O3/c1-24-19(23)18(15-6-3-2-4-7-15)21-12-10-20(11-13-21)16-8-5-9-17(22)14-16/h2-9,14,18,22H,10-13H2,1H3. The number of carbonyl (C=O) groups excluding carboxylic acids is 1. The third-order valence-electron chi connectivity index (χ3n) is 4.41. The van der Waals surface area contributed by atoms with Crippen LogP contribution in [0, 0.1) is 0 Å². The zero-order valence-corrected chi connectivity index (χ0v) is 13.8. The Morgan fingerprint density at radius 1 is 1.04 bits per heavy atom. The molecule has 5 heteroatoms. The number of nitrogens with zero attached hydrogens (tertiary/aromatic N) is 2. The van der Waals surface area contributed by atoms with Crippen LogP contribution in [-0.4, -0.2) is 49.3 Å². The first-order valence-electron chi connectivity index (χ1n) is 8.10. The summed E-state index contributed by atoms with van der Waals surface area (Å²) in [6.45, 7) is 3.10. The van der Waals surface area contributed by atoms with Crippen LogP contribution in [0.3, 0.4) is 0 Å². The maximum atomic E-state index is 12.3. The van der Waals surface area contributed by atoms with Crippen molar-refractivity contribution in [2.75, 3.05) is 38.2 Å². The summed E-state index contributed by atoms with van der Waals surface area (Å²) in [6.07, 6.45) is 0. The number of piperazine rings is 1. The highest BCUT2D eigenvalue weighted by Crippen LogP contribution is 2.26. The van der Waals surface area contributed by atoms with Gasteiger partial charge in [0.15, 0.2) is 0 Å². The Morgan fingerprint density at radius 3 is 2.38 bits per heavy atom. The van der Waals surface area contributed by atoms with Gasteiger partial charge in [-0.25, -0.2) is 4.79 Å². The van der Waals surface area contributed by atoms with Crippen molar-refractivity contribution < 1.29 is 14.6 Å². The van der Waals surface area contributed by atoms with Gasteiger partial charge in [-0.05, 0) is 17.7 Å². The van der Waals surface area contributed by atoms with Gasteiger partial charge in [0.2, 0.25) is 0 Å². The Morgan fingerprint density at radius 2 is 1.75 bits per heavy atom. The number of ether oxygens (including phenoxy) is 1. The van der Waals surface area contributed by atoms with Gasteiger partial charge in [0.05, 0.1) is 7.11 Å². The SMILES string of the molecule is COC(=O)C(c1ccccc1)N1CCN(c2cccc(O)c2)CC1. The highest BCUT2D eigenvalue weighted by atomic mass is 16.5. The van der Waals surface area contributed by atoms with E-state index in [0.29, 0.717) is 0 Å². The molecule has 0 amide bonds. The van der Waals surface area contributed by atoms with Crippen LogP contribution in [-0.2, 0) is 9.53 Å². The predicted molar refractivity (Wildman–Crippen MR) is 93.1 cm³/mol. The van der Waals surface area contributed by atoms with E-state index in [1.807, 2.05) is 42.5 Å². The lowest BCUT2D eigenvalue weighted by molar-refractivity contribution is -0.147. The van der Waals surface area contributed by atoms with Gasteiger partial charge in [-0.2, -0.15) is 0 Å². The molecule has 5 nitrogen and oxygen atoms in total. The molecule has 0 aromatic heterocycles. The number of methoxy groups -OCH3 is 1. The molecule has 1 aliphatic heterocycles. The van der Waals surface area contributed by atoms with E-state index in [4.69, 9.17) is 4.74 Å². The molecule has 0 aliphatic carbocycles. The first kappa shape index (κ1) is 16.3. The minimum atomic E-state index is -0.373. The first-order valence-corrected chi connectivity index (χ1v) is 8.10. The fourth-order valence-corrected chi connectivity index (χ4v) is 3.17. The van der Waals surface area contributed by atoms with Gasteiger partial charge < -0.3 is 14.7 Å². The molecule has 0 radical (unpaired) electrons. The summed E-state index contributed by atoms with van der Waals surface area (Å²) in [7, 11) is 1.43. The Bertz CT molecular complexity index is 682. The van der Waals surface area contributed by atoms with Crippen LogP contribution in [0.15, 0.2) is 54.6 Å². The van der Waals surface area contributed by atoms with Crippen molar-refractivity contribution in [1.29, 1.82) is 0 Å². The summed E-state index contributed by atoms with van der Waals surface area (Å²) in [6, 6.07) is 16.6. The van der Waals surface area contributed by atoms with E-state index in [2.05, 4.69) is 9.80 Å². The number of carbonyl (C=O) groups is 1. The van der Waals surface area contributed by atoms with E-state index in [-0.39, 0.29) is 17.8 Å². The Balaban J connectivity index is 1.73. The lowest BCUT2D eigenvalue weighted by atomic mass is 10.0. The number of phenolic OH excluding ortho intramolecular Hbond substituents is 1. The largest absolute Gasteiger partial charge is 0.508 e. The molecule has 1 atom stereocenters. The summed E-state index contributed by atoms with van der Waals surface area (Å²) < 4.78 is 5.02. The number of hydrogen-bond donors (Lipinski definition) is 1. The molecule has 1 N–H and O–H groups in total. The van der Waals surface area contributed by atoms with E-state index >= 15 is 0 Å². The summed E-state index contributed by atoms with van der Waals surface area (Å²) in [4.78, 5) is 16.7. The van der Waals surface area contributed by atoms with Crippen LogP contribution in [0.1, 0.15) is 11.6 Å². The molecule has 1 fully saturated rings. The van der Waals surface area contributed by atoms with Crippen molar-refractivity contribution in [2.45, 2.75) is 6.04 Å². The molecule has 0 saturated carbocycles. The van der Waals surface area contributed by atoms with Crippen molar-refractivity contribution in [3.8, 4) is 5.75 Å². The van der Waals surface area contributed by atoms with E-state index in [9.17, 15) is 9.90 Å². The van der Waals surface area contributed by atoms with E-state index in [1.54, 1.807) is 12.1 Å². The molecule has 2 aromatic rings. The predicted octanol–water partition coefficient (Wildman–Crippen LogP) is 2.43. The van der Waals surface area contributed by atoms with Crippen molar-refractivity contribution in [1.82, 2.24) is 4.90 Å². The van der Waals surface area contributed by atoms with Gasteiger partial charge in [0.25, 0.3) is 0 Å². The molecule has 3 rings (SSSR count). The fraction of sp³-hybridized carbons (Fsp3) is 0.316. The highest BCUT2D eigenvalue weighted by molar-refractivity contribution is 5.77. The van der Waals surface area contributed by atoms with Crippen molar-refractivity contribution in [3.05, 3.63) is 60.2 Å². The van der Waals surface area contributed by atoms with Crippen LogP contribution >= 0.6 is 0 Å². The Hall–Kier alpha value is -2.53. The van der Waals surface area contributed by atoms with Gasteiger partial charge in [0.1, 0.15) is 11.8 Å². The highest BCUT2D eigenvalue weighted by Gasteiger charge is 2.31. The number of phenols is 1. The molecule has 2 aromatic carbocycles. The molecule has 0 bridgehead atoms. The number of aromatic hydroxyl groups is 1. The van der Waals surface area contributed by atoms with Crippen LogP contribution in [0.5, 0.6) is 5.75 Å². The summed E-state index contributed by atoms with van der Waals surface area (Å²) in [5.74, 6) is 0.0404. The average Bonchev–Trinajstić information content (AvgIpc) is 2.63. The number of anilines is 1. The third-order valence-corrected chi connectivity index (χ3v) is 4.41. The van der Waals surface area contributed by atoms with Crippen molar-refractivity contribution in [3.63, 3.8) is 0 Å². The number of benzene rings is 2. The number of esters is 1. The zero-order chi connectivity index (χ0) is 16.9. The second-order valence-corrected chi connectivity index (χ2v) is 5.88. The normalized spacial score (nSPS) is 16.6. The molecular formula is C19H22N2O3. The smallest absolute Gasteiger partial charge is 0.327 e. The van der Waals surface area contributed by atoms with Crippen LogP contribution in [0.4, 0.5) is 5.69 Å². The first-order chi connectivity index (χ1) is 11.7. The van der Waals surface area contributed by atoms with Gasteiger partial charge in [-0.1, -0.05) is 36.4 Å². The average molecular weight is 326 g/mol. The molecule has 24 heavy (non-hydrogen) atoms. The summed E-state index contributed by atoms with van der Waals surface area (Å²) in [5, 5.41) is 9.64. The maximum Gasteiger partial charge on any atom is 0.327 e. The molecular weight excluding hydrogens is 304 g/mol. The van der Waals surface area contributed by atoms with Crippen LogP contribution < -0.4 is 4.90 Å². The minimum Gasteiger partial charge on any atom is -0.508 e. The monoisotopic (exact) mass is 326 g/mol. The zero-order valence-electron chi connectivity index (χ0n) is 13.8. The summed E-state index contributed by atoms with van der Waals surface area (Å²) in [5.41, 5.74) is 1.96. The van der Waals surface area contributed by atoms with Crippen molar-refractivity contribution in [2.24, 2.45) is 0 Å². The number of rotatable bonds is 4. The topological polar surface area (TPSA) is 53.0 Å². The second kappa shape index (κ2) is 7.36. The molecule has 1 saturated heterocycles. The van der Waals surface area contributed by atoms with Crippen LogP contribution in [0.25, 0.3) is 0 Å². The van der Waals surface area contributed by atoms with Gasteiger partial charge in [-0.3, -0.25) is 4.90 Å². The van der Waals surface area contributed by atoms with E-state index in [0.717, 1.165) is 37.4 Å². The molecule has 0 spiro atoms. The van der Waals surface area contributed by atoms with Gasteiger partial charge in [-0.15, -0.1) is 0 Å². The molecule has 126 valence electrons. The van der Waals surface area contributed by atoms with E-state index < -0.39 is 0 Å². The van der Waals surface area contributed by atoms with E-state index in [1.165, 1.54) is 7.11 Å². The Kier molecular flexibility index (Phi) is 5.01. The maximum absolute atomic E-state index is 12.3. The van der Waals surface area contributed by atoms with Gasteiger partial charge in [0, 0.05) is 37.9 Å². The van der Waals surface area contributed by atoms with Gasteiger partial charge >= 0.3 is 5.97 Å².